The fourth-order valence-corrected chi connectivity index (χ4v) is 5.38. The van der Waals surface area contributed by atoms with Crippen LogP contribution in [-0.4, -0.2) is 28.6 Å². The molecule has 0 saturated heterocycles. The van der Waals surface area contributed by atoms with Crippen LogP contribution in [0.25, 0.3) is 10.8 Å². The van der Waals surface area contributed by atoms with Crippen molar-refractivity contribution < 1.29 is 19.5 Å². The number of urea groups is 1. The van der Waals surface area contributed by atoms with Gasteiger partial charge in [0.05, 0.1) is 11.3 Å². The minimum absolute atomic E-state index is 0.151. The number of carboxylic acids is 1. The Morgan fingerprint density at radius 2 is 1.49 bits per heavy atom. The Bertz CT molecular complexity index is 1330. The van der Waals surface area contributed by atoms with E-state index in [1.807, 2.05) is 48.5 Å². The van der Waals surface area contributed by atoms with Gasteiger partial charge in [-0.25, -0.2) is 9.59 Å². The Morgan fingerprint density at radius 1 is 0.838 bits per heavy atom. The number of nitrogens with one attached hydrogen (secondary N) is 3. The van der Waals surface area contributed by atoms with Gasteiger partial charge in [0.15, 0.2) is 0 Å². The van der Waals surface area contributed by atoms with Gasteiger partial charge in [-0.15, -0.1) is 0 Å². The van der Waals surface area contributed by atoms with Gasteiger partial charge in [0.2, 0.25) is 0 Å². The number of hydrogen-bond acceptors (Lipinski definition) is 3. The van der Waals surface area contributed by atoms with E-state index in [-0.39, 0.29) is 11.5 Å². The van der Waals surface area contributed by atoms with Crippen molar-refractivity contribution in [2.75, 3.05) is 10.6 Å². The lowest BCUT2D eigenvalue weighted by molar-refractivity contribution is -0.146. The van der Waals surface area contributed by atoms with Gasteiger partial charge in [0.1, 0.15) is 5.54 Å². The Labute approximate surface area is 216 Å². The molecule has 2 aliphatic carbocycles. The predicted octanol–water partition coefficient (Wildman–Crippen LogP) is 6.51. The topological polar surface area (TPSA) is 108 Å². The SMILES string of the molecule is C[C@@](NC(=O)c1cc2ccccc2cc1NC(=O)Nc1ccc(C2CC2)cc1)(C(=O)O)C1CCCCC1. The smallest absolute Gasteiger partial charge is 0.329 e. The van der Waals surface area contributed by atoms with Gasteiger partial charge in [-0.05, 0) is 85.0 Å². The van der Waals surface area contributed by atoms with Gasteiger partial charge in [-0.2, -0.15) is 0 Å². The molecule has 7 nitrogen and oxygen atoms in total. The van der Waals surface area contributed by atoms with Crippen LogP contribution in [0.4, 0.5) is 16.2 Å². The summed E-state index contributed by atoms with van der Waals surface area (Å²) in [5.41, 5.74) is 1.08. The first-order valence-electron chi connectivity index (χ1n) is 13.1. The van der Waals surface area contributed by atoms with Crippen molar-refractivity contribution in [3.05, 3.63) is 71.8 Å². The monoisotopic (exact) mass is 499 g/mol. The minimum atomic E-state index is -1.40. The largest absolute Gasteiger partial charge is 0.480 e. The molecule has 192 valence electrons. The van der Waals surface area contributed by atoms with Crippen LogP contribution in [0.2, 0.25) is 0 Å². The maximum Gasteiger partial charge on any atom is 0.329 e. The molecule has 0 spiro atoms. The summed E-state index contributed by atoms with van der Waals surface area (Å²) in [6, 6.07) is 18.3. The van der Waals surface area contributed by atoms with Crippen LogP contribution in [0.1, 0.15) is 73.7 Å². The zero-order valence-corrected chi connectivity index (χ0v) is 21.0. The van der Waals surface area contributed by atoms with Crippen molar-refractivity contribution in [1.82, 2.24) is 5.32 Å². The number of fused-ring (bicyclic) bond motifs is 1. The highest BCUT2D eigenvalue weighted by atomic mass is 16.4. The zero-order valence-electron chi connectivity index (χ0n) is 21.0. The lowest BCUT2D eigenvalue weighted by Gasteiger charge is -2.37. The molecule has 2 saturated carbocycles. The average Bonchev–Trinajstić information content (AvgIpc) is 3.74. The molecule has 0 heterocycles. The van der Waals surface area contributed by atoms with E-state index in [0.717, 1.165) is 42.9 Å². The van der Waals surface area contributed by atoms with E-state index < -0.39 is 23.4 Å². The highest BCUT2D eigenvalue weighted by molar-refractivity contribution is 6.10. The fourth-order valence-electron chi connectivity index (χ4n) is 5.38. The van der Waals surface area contributed by atoms with Gasteiger partial charge in [0, 0.05) is 5.69 Å². The molecule has 37 heavy (non-hydrogen) atoms. The maximum atomic E-state index is 13.6. The van der Waals surface area contributed by atoms with Gasteiger partial charge in [-0.1, -0.05) is 55.7 Å². The molecule has 5 rings (SSSR count). The number of hydrogen-bond donors (Lipinski definition) is 4. The average molecular weight is 500 g/mol. The van der Waals surface area contributed by atoms with Gasteiger partial charge < -0.3 is 21.1 Å². The van der Waals surface area contributed by atoms with Crippen LogP contribution < -0.4 is 16.0 Å². The number of carboxylic acid groups (broad SMARTS) is 1. The van der Waals surface area contributed by atoms with Crippen molar-refractivity contribution in [2.45, 2.75) is 63.3 Å². The molecule has 0 unspecified atom stereocenters. The summed E-state index contributed by atoms with van der Waals surface area (Å²) in [5.74, 6) is -1.09. The summed E-state index contributed by atoms with van der Waals surface area (Å²) in [5, 5.41) is 20.2. The molecular weight excluding hydrogens is 466 g/mol. The first kappa shape index (κ1) is 24.8. The summed E-state index contributed by atoms with van der Waals surface area (Å²) in [6.07, 6.45) is 6.92. The van der Waals surface area contributed by atoms with Crippen LogP contribution in [0, 0.1) is 5.92 Å². The summed E-state index contributed by atoms with van der Waals surface area (Å²) >= 11 is 0. The molecule has 7 heteroatoms. The molecule has 1 atom stereocenters. The second kappa shape index (κ2) is 10.2. The summed E-state index contributed by atoms with van der Waals surface area (Å²) in [6.45, 7) is 1.59. The van der Waals surface area contributed by atoms with E-state index in [1.54, 1.807) is 19.1 Å². The molecule has 0 radical (unpaired) electrons. The van der Waals surface area contributed by atoms with Crippen molar-refractivity contribution in [3.63, 3.8) is 0 Å². The number of anilines is 2. The molecule has 0 aliphatic heterocycles. The predicted molar refractivity (Wildman–Crippen MR) is 145 cm³/mol. The summed E-state index contributed by atoms with van der Waals surface area (Å²) in [4.78, 5) is 38.8. The third kappa shape index (κ3) is 5.45. The highest BCUT2D eigenvalue weighted by Crippen LogP contribution is 2.40. The molecule has 0 aromatic heterocycles. The van der Waals surface area contributed by atoms with Gasteiger partial charge in [-0.3, -0.25) is 4.79 Å². The number of carbonyl (C=O) groups is 3. The first-order valence-corrected chi connectivity index (χ1v) is 13.1. The first-order chi connectivity index (χ1) is 17.8. The zero-order chi connectivity index (χ0) is 26.0. The van der Waals surface area contributed by atoms with Crippen LogP contribution in [-0.2, 0) is 4.79 Å². The molecular formula is C30H33N3O4. The van der Waals surface area contributed by atoms with E-state index >= 15 is 0 Å². The normalized spacial score (nSPS) is 17.5. The third-order valence-electron chi connectivity index (χ3n) is 7.84. The number of benzene rings is 3. The van der Waals surface area contributed by atoms with Crippen LogP contribution in [0.3, 0.4) is 0 Å². The molecule has 2 fully saturated rings. The second-order valence-electron chi connectivity index (χ2n) is 10.5. The van der Waals surface area contributed by atoms with Crippen molar-refractivity contribution >= 4 is 40.1 Å². The van der Waals surface area contributed by atoms with Crippen LogP contribution in [0.5, 0.6) is 0 Å². The van der Waals surface area contributed by atoms with Gasteiger partial charge >= 0.3 is 12.0 Å². The highest BCUT2D eigenvalue weighted by Gasteiger charge is 2.43. The third-order valence-corrected chi connectivity index (χ3v) is 7.84. The molecule has 4 N–H and O–H groups in total. The van der Waals surface area contributed by atoms with Gasteiger partial charge in [0.25, 0.3) is 5.91 Å². The second-order valence-corrected chi connectivity index (χ2v) is 10.5. The molecule has 3 aromatic rings. The summed E-state index contributed by atoms with van der Waals surface area (Å²) < 4.78 is 0. The standard InChI is InChI=1S/C30H33N3O4/c1-30(28(35)36,23-9-3-2-4-10-23)33-27(34)25-17-21-7-5-6-8-22(21)18-26(25)32-29(37)31-24-15-13-20(14-16-24)19-11-12-19/h5-8,13-19,23H,2-4,9-12H2,1H3,(H,33,34)(H,35,36)(H2,31,32,37)/t30-/m0/s1. The molecule has 3 aromatic carbocycles. The van der Waals surface area contributed by atoms with Crippen molar-refractivity contribution in [2.24, 2.45) is 5.92 Å². The fraction of sp³-hybridized carbons (Fsp3) is 0.367. The molecule has 0 bridgehead atoms. The summed E-state index contributed by atoms with van der Waals surface area (Å²) in [7, 11) is 0. The number of rotatable bonds is 7. The lowest BCUT2D eigenvalue weighted by Crippen LogP contribution is -2.57. The Balaban J connectivity index is 1.40. The van der Waals surface area contributed by atoms with Crippen LogP contribution >= 0.6 is 0 Å². The Morgan fingerprint density at radius 3 is 2.11 bits per heavy atom. The van der Waals surface area contributed by atoms with Crippen molar-refractivity contribution in [1.29, 1.82) is 0 Å². The van der Waals surface area contributed by atoms with E-state index in [9.17, 15) is 19.5 Å². The Kier molecular flexibility index (Phi) is 6.87. The van der Waals surface area contributed by atoms with Crippen LogP contribution in [0.15, 0.2) is 60.7 Å². The molecule has 2 aliphatic rings. The lowest BCUT2D eigenvalue weighted by atomic mass is 9.75. The minimum Gasteiger partial charge on any atom is -0.480 e. The van der Waals surface area contributed by atoms with E-state index in [4.69, 9.17) is 0 Å². The maximum absolute atomic E-state index is 13.6. The van der Waals surface area contributed by atoms with Crippen molar-refractivity contribution in [3.8, 4) is 0 Å². The number of carbonyl (C=O) groups excluding carboxylic acids is 2. The van der Waals surface area contributed by atoms with E-state index in [1.165, 1.54) is 18.4 Å². The quantitative estimate of drug-likeness (QED) is 0.297. The van der Waals surface area contributed by atoms with E-state index in [2.05, 4.69) is 16.0 Å². The van der Waals surface area contributed by atoms with E-state index in [0.29, 0.717) is 17.3 Å². The number of aliphatic carboxylic acids is 1. The Hall–Kier alpha value is -3.87. The number of amides is 3. The molecule has 3 amide bonds.